The van der Waals surface area contributed by atoms with E-state index in [-0.39, 0.29) is 11.2 Å². The Hall–Kier alpha value is -3.97. The summed E-state index contributed by atoms with van der Waals surface area (Å²) in [6.07, 6.45) is -16.8. The normalized spacial score (nSPS) is 32.2. The number of benzene rings is 1. The van der Waals surface area contributed by atoms with Crippen LogP contribution in [0.5, 0.6) is 0 Å². The zero-order valence-electron chi connectivity index (χ0n) is 32.0. The van der Waals surface area contributed by atoms with Crippen LogP contribution in [0.25, 0.3) is 11.2 Å². The molecule has 3 amide bonds. The fourth-order valence-electron chi connectivity index (χ4n) is 4.24. The van der Waals surface area contributed by atoms with Crippen LogP contribution in [0.2, 0.25) is 0 Å². The number of carbonyl (C=O) groups is 2. The molecule has 2 aliphatic heterocycles. The van der Waals surface area contributed by atoms with Gasteiger partial charge in [0, 0.05) is 51.4 Å². The number of rotatable bonds is 4. The number of alkyl halides is 3. The number of pyridine rings is 1. The van der Waals surface area contributed by atoms with Gasteiger partial charge >= 0.3 is 17.9 Å². The van der Waals surface area contributed by atoms with Crippen molar-refractivity contribution in [1.29, 1.82) is 0 Å². The van der Waals surface area contributed by atoms with Crippen LogP contribution in [0.15, 0.2) is 41.3 Å². The van der Waals surface area contributed by atoms with Crippen molar-refractivity contribution in [1.82, 2.24) is 29.7 Å². The van der Waals surface area contributed by atoms with Gasteiger partial charge in [0.2, 0.25) is 5.91 Å². The number of fused-ring (bicyclic) bond motifs is 1. The van der Waals surface area contributed by atoms with Gasteiger partial charge in [0.05, 0.1) is 8.26 Å². The number of piperidine rings is 1. The maximum absolute atomic E-state index is 14.9. The molecule has 2 saturated heterocycles. The van der Waals surface area contributed by atoms with E-state index in [2.05, 4.69) is 9.97 Å². The summed E-state index contributed by atoms with van der Waals surface area (Å²) >= 11 is 0. The Morgan fingerprint density at radius 1 is 1.15 bits per heavy atom. The molecule has 40 heavy (non-hydrogen) atoms. The van der Waals surface area contributed by atoms with Crippen molar-refractivity contribution in [3.05, 3.63) is 64.2 Å². The highest BCUT2D eigenvalue weighted by molar-refractivity contribution is 5.87. The Morgan fingerprint density at radius 2 is 1.90 bits per heavy atom. The first-order chi connectivity index (χ1) is 23.5. The molecule has 1 aromatic carbocycles. The standard InChI is InChI=1S/C26H27F5N6O3/c27-18-4-1-3-17(21(18)28)15-6-7-19(23(38)36(13-15)14-26(29,30)31)33-24(39)35-11-8-16(9-12-35)37-20-5-2-10-32-22(20)34-25(37)40/h1-5,10,15-16,19H,6-9,11-14H2,(H,33,39)(H,32,34,40)/t15-,19-/m1/s1/i7D2,8D2,9D2,11D2,12D2,14D2. The first kappa shape index (κ1) is 16.3. The Labute approximate surface area is 241 Å². The van der Waals surface area contributed by atoms with Crippen LogP contribution in [0.3, 0.4) is 0 Å². The average Bonchev–Trinajstić information content (AvgIpc) is 3.27. The van der Waals surface area contributed by atoms with Crippen molar-refractivity contribution in [2.24, 2.45) is 0 Å². The van der Waals surface area contributed by atoms with E-state index < -0.39 is 120 Å². The van der Waals surface area contributed by atoms with Gasteiger partial charge in [0.15, 0.2) is 17.3 Å². The monoisotopic (exact) mass is 578 g/mol. The Bertz CT molecular complexity index is 1960. The van der Waals surface area contributed by atoms with Crippen molar-refractivity contribution in [2.75, 3.05) is 26.0 Å². The van der Waals surface area contributed by atoms with E-state index in [0.29, 0.717) is 10.6 Å². The zero-order valence-corrected chi connectivity index (χ0v) is 20.0. The summed E-state index contributed by atoms with van der Waals surface area (Å²) in [5, 5.41) is 1.52. The lowest BCUT2D eigenvalue weighted by Gasteiger charge is -2.34. The molecule has 0 radical (unpaired) electrons. The van der Waals surface area contributed by atoms with Gasteiger partial charge in [-0.05, 0) is 49.3 Å². The minimum absolute atomic E-state index is 0.228. The highest BCUT2D eigenvalue weighted by Crippen LogP contribution is 2.32. The molecule has 0 unspecified atom stereocenters. The second-order valence-electron chi connectivity index (χ2n) is 8.61. The number of nitrogens with zero attached hydrogens (tertiary/aromatic N) is 4. The molecule has 0 saturated carbocycles. The van der Waals surface area contributed by atoms with Gasteiger partial charge in [-0.2, -0.15) is 13.2 Å². The molecular formula is C26H27F5N6O3. The van der Waals surface area contributed by atoms with Crippen molar-refractivity contribution >= 4 is 23.1 Å². The molecule has 5 rings (SSSR count). The van der Waals surface area contributed by atoms with Gasteiger partial charge < -0.3 is 15.1 Å². The maximum Gasteiger partial charge on any atom is 0.406 e. The second-order valence-corrected chi connectivity index (χ2v) is 8.61. The number of carbonyl (C=O) groups excluding carboxylic acids is 2. The van der Waals surface area contributed by atoms with E-state index in [9.17, 15) is 36.3 Å². The topological polar surface area (TPSA) is 103 Å². The van der Waals surface area contributed by atoms with Gasteiger partial charge in [0.1, 0.15) is 12.5 Å². The number of likely N-dealkylation sites (tertiary alicyclic amines) is 2. The molecule has 3 aromatic rings. The van der Waals surface area contributed by atoms with E-state index in [0.717, 1.165) is 18.2 Å². The van der Waals surface area contributed by atoms with Crippen LogP contribution < -0.4 is 11.0 Å². The highest BCUT2D eigenvalue weighted by atomic mass is 19.4. The van der Waals surface area contributed by atoms with Crippen molar-refractivity contribution < 1.29 is 48.0 Å². The summed E-state index contributed by atoms with van der Waals surface area (Å²) in [6.45, 7) is -14.1. The first-order valence-corrected chi connectivity index (χ1v) is 11.5. The van der Waals surface area contributed by atoms with E-state index in [1.54, 1.807) is 0 Å². The smallest absolute Gasteiger partial charge is 0.331 e. The molecule has 0 aliphatic carbocycles. The number of amides is 3. The van der Waals surface area contributed by atoms with Crippen molar-refractivity contribution in [2.45, 2.75) is 49.7 Å². The number of imidazole rings is 1. The quantitative estimate of drug-likeness (QED) is 0.461. The number of urea groups is 1. The summed E-state index contributed by atoms with van der Waals surface area (Å²) in [6, 6.07) is -3.17. The Morgan fingerprint density at radius 3 is 2.62 bits per heavy atom. The molecule has 9 nitrogen and oxygen atoms in total. The van der Waals surface area contributed by atoms with Crippen LogP contribution >= 0.6 is 0 Å². The minimum atomic E-state index is -5.90. The second kappa shape index (κ2) is 10.9. The molecule has 14 heteroatoms. The summed E-state index contributed by atoms with van der Waals surface area (Å²) in [7, 11) is 0. The van der Waals surface area contributed by atoms with Gasteiger partial charge in [-0.25, -0.2) is 23.4 Å². The molecule has 2 fully saturated rings. The number of aromatic amines is 1. The van der Waals surface area contributed by atoms with E-state index in [1.165, 1.54) is 17.6 Å². The van der Waals surface area contributed by atoms with Gasteiger partial charge in [-0.15, -0.1) is 0 Å². The third kappa shape index (κ3) is 5.65. The van der Waals surface area contributed by atoms with Gasteiger partial charge in [-0.1, -0.05) is 12.1 Å². The van der Waals surface area contributed by atoms with Gasteiger partial charge in [0.25, 0.3) is 0 Å². The Balaban J connectivity index is 1.62. The zero-order chi connectivity index (χ0) is 39.4. The average molecular weight is 579 g/mol. The largest absolute Gasteiger partial charge is 0.406 e. The maximum atomic E-state index is 14.9. The Kier molecular flexibility index (Phi) is 4.45. The fraction of sp³-hybridized carbons (Fsp3) is 0.462. The lowest BCUT2D eigenvalue weighted by molar-refractivity contribution is -0.162. The predicted molar refractivity (Wildman–Crippen MR) is 133 cm³/mol. The highest BCUT2D eigenvalue weighted by Gasteiger charge is 2.40. The van der Waals surface area contributed by atoms with E-state index >= 15 is 0 Å². The van der Waals surface area contributed by atoms with Crippen molar-refractivity contribution in [3.63, 3.8) is 0 Å². The third-order valence-corrected chi connectivity index (χ3v) is 6.01. The lowest BCUT2D eigenvalue weighted by atomic mass is 9.93. The van der Waals surface area contributed by atoms with E-state index in [1.807, 2.05) is 0 Å². The number of H-pyrrole nitrogens is 1. The third-order valence-electron chi connectivity index (χ3n) is 6.01. The first-order valence-electron chi connectivity index (χ1n) is 17.5. The van der Waals surface area contributed by atoms with E-state index in [4.69, 9.17) is 16.4 Å². The molecule has 2 atom stereocenters. The minimum Gasteiger partial charge on any atom is -0.331 e. The van der Waals surface area contributed by atoms with Gasteiger partial charge in [-0.3, -0.25) is 14.3 Å². The molecule has 214 valence electrons. The van der Waals surface area contributed by atoms with Crippen molar-refractivity contribution in [3.8, 4) is 0 Å². The SMILES string of the molecule is [2H]C1([2H])C[C@@H](c2cccc(F)c2F)CN(C([2H])([2H])C(F)(F)F)C(=O)[C@@H]1NC(=O)N1C([2H])([2H])C([2H])([2H])C(n2c(=O)[nH]c3ncccc32)C([2H])([2H])C1([2H])[2H]. The number of halogens is 5. The number of hydrogen-bond acceptors (Lipinski definition) is 4. The van der Waals surface area contributed by atoms with Crippen LogP contribution in [-0.2, 0) is 4.79 Å². The summed E-state index contributed by atoms with van der Waals surface area (Å²) in [5.41, 5.74) is -2.55. The molecular weight excluding hydrogens is 539 g/mol. The fourth-order valence-corrected chi connectivity index (χ4v) is 4.24. The molecule has 2 aromatic heterocycles. The van der Waals surface area contributed by atoms with Crippen LogP contribution in [0.1, 0.15) is 59.5 Å². The van der Waals surface area contributed by atoms with Crippen LogP contribution in [-0.4, -0.2) is 74.5 Å². The van der Waals surface area contributed by atoms with Crippen LogP contribution in [0, 0.1) is 11.6 Å². The predicted octanol–water partition coefficient (Wildman–Crippen LogP) is 3.69. The number of nitrogens with one attached hydrogen (secondary N) is 2. The lowest BCUT2D eigenvalue weighted by Crippen LogP contribution is -2.54. The summed E-state index contributed by atoms with van der Waals surface area (Å²) in [4.78, 5) is 45.3. The number of aromatic nitrogens is 3. The molecule has 4 heterocycles. The molecule has 2 aliphatic rings. The van der Waals surface area contributed by atoms with Crippen LogP contribution in [0.4, 0.5) is 26.7 Å². The summed E-state index contributed by atoms with van der Waals surface area (Å²) in [5.74, 6) is -7.26. The summed E-state index contributed by atoms with van der Waals surface area (Å²) < 4.78 is 173. The number of hydrogen-bond donors (Lipinski definition) is 2. The molecule has 0 bridgehead atoms. The molecule has 2 N–H and O–H groups in total. The molecule has 0 spiro atoms.